The summed E-state index contributed by atoms with van der Waals surface area (Å²) in [6.45, 7) is 6.12. The van der Waals surface area contributed by atoms with Crippen LogP contribution in [0.5, 0.6) is 0 Å². The summed E-state index contributed by atoms with van der Waals surface area (Å²) in [5.74, 6) is -2.11. The molecule has 3 aliphatic rings. The van der Waals surface area contributed by atoms with Crippen LogP contribution in [-0.4, -0.2) is 53.0 Å². The minimum atomic E-state index is -1.01. The van der Waals surface area contributed by atoms with Crippen LogP contribution < -0.4 is 0 Å². The normalized spacial score (nSPS) is 32.6. The lowest BCUT2D eigenvalue weighted by molar-refractivity contribution is -0.152. The van der Waals surface area contributed by atoms with Gasteiger partial charge in [0.25, 0.3) is 0 Å². The molecule has 2 saturated heterocycles. The van der Waals surface area contributed by atoms with Gasteiger partial charge in [0, 0.05) is 56.0 Å². The number of nitrogens with zero attached hydrogens (tertiary/aromatic N) is 2. The number of hydrogen-bond donors (Lipinski definition) is 1. The molecule has 1 amide bonds. The van der Waals surface area contributed by atoms with Crippen molar-refractivity contribution in [2.24, 2.45) is 17.8 Å². The molecule has 0 bridgehead atoms. The maximum absolute atomic E-state index is 14.8. The van der Waals surface area contributed by atoms with E-state index in [0.717, 1.165) is 24.5 Å². The molecule has 5 atom stereocenters. The summed E-state index contributed by atoms with van der Waals surface area (Å²) in [5, 5.41) is 11.7. The number of carbonyl (C=O) groups excluding carboxylic acids is 1. The molecule has 0 radical (unpaired) electrons. The highest BCUT2D eigenvalue weighted by atomic mass is 19.1. The van der Waals surface area contributed by atoms with E-state index in [-0.39, 0.29) is 29.6 Å². The van der Waals surface area contributed by atoms with Crippen LogP contribution in [0.3, 0.4) is 0 Å². The Balaban J connectivity index is 1.39. The predicted octanol–water partition coefficient (Wildman–Crippen LogP) is 4.53. The van der Waals surface area contributed by atoms with E-state index in [1.165, 1.54) is 18.6 Å². The van der Waals surface area contributed by atoms with Crippen molar-refractivity contribution in [1.29, 1.82) is 0 Å². The van der Waals surface area contributed by atoms with Crippen molar-refractivity contribution in [1.82, 2.24) is 9.80 Å². The van der Waals surface area contributed by atoms with Gasteiger partial charge in [0.1, 0.15) is 11.6 Å². The molecule has 182 valence electrons. The minimum absolute atomic E-state index is 0.0179. The number of amides is 1. The van der Waals surface area contributed by atoms with Crippen LogP contribution in [-0.2, 0) is 10.4 Å². The molecule has 4 nitrogen and oxygen atoms in total. The van der Waals surface area contributed by atoms with Crippen molar-refractivity contribution < 1.29 is 18.7 Å². The van der Waals surface area contributed by atoms with E-state index in [0.29, 0.717) is 37.8 Å². The molecule has 1 N–H and O–H groups in total. The fraction of sp³-hybridized carbons (Fsp3) is 0.536. The van der Waals surface area contributed by atoms with Crippen molar-refractivity contribution in [3.05, 3.63) is 71.3 Å². The average Bonchev–Trinajstić information content (AvgIpc) is 3.20. The predicted molar refractivity (Wildman–Crippen MR) is 127 cm³/mol. The first-order chi connectivity index (χ1) is 16.3. The number of piperidine rings is 1. The lowest BCUT2D eigenvalue weighted by atomic mass is 9.70. The van der Waals surface area contributed by atoms with Crippen molar-refractivity contribution in [3.63, 3.8) is 0 Å². The molecule has 3 fully saturated rings. The Hall–Kier alpha value is -2.31. The molecule has 6 heteroatoms. The van der Waals surface area contributed by atoms with Crippen LogP contribution in [0, 0.1) is 29.4 Å². The third kappa shape index (κ3) is 3.95. The number of aliphatic hydroxyl groups is 1. The maximum atomic E-state index is 14.8. The molecule has 5 rings (SSSR count). The van der Waals surface area contributed by atoms with E-state index in [1.54, 1.807) is 0 Å². The highest BCUT2D eigenvalue weighted by Gasteiger charge is 2.50. The molecule has 0 spiro atoms. The molecule has 2 heterocycles. The van der Waals surface area contributed by atoms with Gasteiger partial charge in [0.2, 0.25) is 5.91 Å². The lowest BCUT2D eigenvalue weighted by Crippen LogP contribution is -2.57. The molecule has 0 unspecified atom stereocenters. The number of halogens is 2. The molecular weight excluding hydrogens is 434 g/mol. The van der Waals surface area contributed by atoms with Crippen molar-refractivity contribution in [3.8, 4) is 0 Å². The zero-order chi connectivity index (χ0) is 24.0. The van der Waals surface area contributed by atoms with Crippen molar-refractivity contribution >= 4 is 5.91 Å². The van der Waals surface area contributed by atoms with Crippen LogP contribution in [0.15, 0.2) is 48.5 Å². The van der Waals surface area contributed by atoms with Crippen molar-refractivity contribution in [2.45, 2.75) is 50.7 Å². The van der Waals surface area contributed by atoms with Gasteiger partial charge in [-0.2, -0.15) is 0 Å². The Bertz CT molecular complexity index is 1030. The summed E-state index contributed by atoms with van der Waals surface area (Å²) in [6, 6.07) is 13.9. The summed E-state index contributed by atoms with van der Waals surface area (Å²) in [4.78, 5) is 18.1. The molecule has 2 aliphatic heterocycles. The van der Waals surface area contributed by atoms with E-state index < -0.39 is 17.2 Å². The molecule has 1 aliphatic carbocycles. The van der Waals surface area contributed by atoms with Crippen LogP contribution in [0.25, 0.3) is 0 Å². The van der Waals surface area contributed by atoms with Gasteiger partial charge in [-0.15, -0.1) is 0 Å². The van der Waals surface area contributed by atoms with E-state index >= 15 is 0 Å². The first-order valence-corrected chi connectivity index (χ1v) is 12.5. The molecule has 2 aromatic carbocycles. The number of likely N-dealkylation sites (tertiary alicyclic amines) is 2. The highest BCUT2D eigenvalue weighted by Crippen LogP contribution is 2.44. The van der Waals surface area contributed by atoms with Gasteiger partial charge in [-0.3, -0.25) is 9.69 Å². The van der Waals surface area contributed by atoms with Crippen LogP contribution in [0.1, 0.15) is 50.2 Å². The second kappa shape index (κ2) is 9.04. The number of benzene rings is 2. The number of carbonyl (C=O) groups is 1. The van der Waals surface area contributed by atoms with Crippen LogP contribution in [0.4, 0.5) is 8.78 Å². The molecule has 2 aromatic rings. The van der Waals surface area contributed by atoms with Gasteiger partial charge in [0.15, 0.2) is 0 Å². The SMILES string of the molecule is C[C@@H]1CN(C(=O)[C@@H]2CN(C3CCC3)C[C@H]2c2ccc(F)cc2F)C[C@H](C)[C@@]1(O)c1ccccc1. The average molecular weight is 469 g/mol. The summed E-state index contributed by atoms with van der Waals surface area (Å²) in [7, 11) is 0. The van der Waals surface area contributed by atoms with Gasteiger partial charge in [-0.25, -0.2) is 8.78 Å². The summed E-state index contributed by atoms with van der Waals surface area (Å²) in [6.07, 6.45) is 3.41. The summed E-state index contributed by atoms with van der Waals surface area (Å²) >= 11 is 0. The first-order valence-electron chi connectivity index (χ1n) is 12.5. The largest absolute Gasteiger partial charge is 0.384 e. The molecular formula is C28H34F2N2O2. The monoisotopic (exact) mass is 468 g/mol. The zero-order valence-electron chi connectivity index (χ0n) is 20.0. The summed E-state index contributed by atoms with van der Waals surface area (Å²) < 4.78 is 28.4. The van der Waals surface area contributed by atoms with Gasteiger partial charge in [0.05, 0.1) is 11.5 Å². The Labute approximate surface area is 200 Å². The van der Waals surface area contributed by atoms with Crippen LogP contribution >= 0.6 is 0 Å². The Morgan fingerprint density at radius 2 is 1.65 bits per heavy atom. The smallest absolute Gasteiger partial charge is 0.227 e. The van der Waals surface area contributed by atoms with Crippen LogP contribution in [0.2, 0.25) is 0 Å². The lowest BCUT2D eigenvalue weighted by Gasteiger charge is -2.48. The van der Waals surface area contributed by atoms with E-state index in [4.69, 9.17) is 0 Å². The van der Waals surface area contributed by atoms with Gasteiger partial charge in [-0.1, -0.05) is 56.7 Å². The molecule has 1 saturated carbocycles. The highest BCUT2D eigenvalue weighted by molar-refractivity contribution is 5.81. The second-order valence-electron chi connectivity index (χ2n) is 10.7. The number of hydrogen-bond acceptors (Lipinski definition) is 3. The number of rotatable bonds is 4. The third-order valence-corrected chi connectivity index (χ3v) is 8.66. The quantitative estimate of drug-likeness (QED) is 0.717. The van der Waals surface area contributed by atoms with Gasteiger partial charge < -0.3 is 10.0 Å². The topological polar surface area (TPSA) is 43.8 Å². The summed E-state index contributed by atoms with van der Waals surface area (Å²) in [5.41, 5.74) is 0.305. The third-order valence-electron chi connectivity index (χ3n) is 8.66. The fourth-order valence-corrected chi connectivity index (χ4v) is 6.44. The van der Waals surface area contributed by atoms with Gasteiger partial charge >= 0.3 is 0 Å². The first kappa shape index (κ1) is 23.4. The zero-order valence-corrected chi connectivity index (χ0v) is 20.0. The fourth-order valence-electron chi connectivity index (χ4n) is 6.44. The Morgan fingerprint density at radius 3 is 2.24 bits per heavy atom. The van der Waals surface area contributed by atoms with E-state index in [2.05, 4.69) is 4.90 Å². The minimum Gasteiger partial charge on any atom is -0.384 e. The Kier molecular flexibility index (Phi) is 6.23. The standard InChI is InChI=1S/C28H34F2N2O2/c1-18-14-32(15-19(2)28(18,34)20-7-4-3-5-8-20)27(33)25-17-31(22-9-6-10-22)16-24(25)23-12-11-21(29)13-26(23)30/h3-5,7-8,11-13,18-19,22,24-25,34H,6,9-10,14-17H2,1-2H3/t18-,19+,24-,25+,28-/m0/s1. The Morgan fingerprint density at radius 1 is 0.971 bits per heavy atom. The van der Waals surface area contributed by atoms with E-state index in [9.17, 15) is 18.7 Å². The van der Waals surface area contributed by atoms with Gasteiger partial charge in [-0.05, 0) is 30.0 Å². The maximum Gasteiger partial charge on any atom is 0.227 e. The molecule has 0 aromatic heterocycles. The second-order valence-corrected chi connectivity index (χ2v) is 10.7. The molecule has 34 heavy (non-hydrogen) atoms. The van der Waals surface area contributed by atoms with Crippen molar-refractivity contribution in [2.75, 3.05) is 26.2 Å². The van der Waals surface area contributed by atoms with E-state index in [1.807, 2.05) is 49.1 Å².